The van der Waals surface area contributed by atoms with Crippen LogP contribution < -0.4 is 8.92 Å². The summed E-state index contributed by atoms with van der Waals surface area (Å²) in [6.45, 7) is 6.69. The Morgan fingerprint density at radius 2 is 1.35 bits per heavy atom. The summed E-state index contributed by atoms with van der Waals surface area (Å²) in [5.74, 6) is -0.860. The van der Waals surface area contributed by atoms with Crippen LogP contribution in [0.1, 0.15) is 98.9 Å². The Bertz CT molecular complexity index is 2430. The van der Waals surface area contributed by atoms with Crippen molar-refractivity contribution < 1.29 is 49.6 Å². The van der Waals surface area contributed by atoms with Crippen molar-refractivity contribution in [1.29, 1.82) is 0 Å². The molecule has 0 saturated carbocycles. The van der Waals surface area contributed by atoms with Crippen molar-refractivity contribution in [2.24, 2.45) is 0 Å². The molecule has 0 radical (unpaired) electrons. The highest BCUT2D eigenvalue weighted by Gasteiger charge is 2.32. The summed E-state index contributed by atoms with van der Waals surface area (Å²) >= 11 is 0. The average molecular weight is 857 g/mol. The number of unbranched alkanes of at least 4 members (excludes halogenated alkanes) is 5. The zero-order valence-corrected chi connectivity index (χ0v) is 36.1. The number of sulfone groups is 1. The summed E-state index contributed by atoms with van der Waals surface area (Å²) in [7, 11) is -8.01. The minimum atomic E-state index is -4.80. The SMILES string of the molecule is CCCCCCCOCc1ccc(C(=O)OC)c(C(OC(C)=O)c2ccccc2-c2ccc(S(=O)(=O)c3ccc(OCCCC)cc3)c(S(=O)(=O)Oc3ccccc3)c2)c1. The van der Waals surface area contributed by atoms with E-state index in [9.17, 15) is 26.4 Å². The smallest absolute Gasteiger partial charge is 0.340 e. The standard InChI is InChI=1S/C47H52O11S2/c1-5-7-9-10-16-29-55-33-35-21-27-42(47(49)54-4)43(31-35)46(57-34(3)48)41-20-15-14-19-40(41)36-22-28-44(45(32-36)60(52,53)58-38-17-12-11-13-18-38)59(50,51)39-25-23-37(24-26-39)56-30-8-6-2/h11-15,17-28,31-32,46H,5-10,16,29-30,33H2,1-4H3. The number of hydrogen-bond donors (Lipinski definition) is 0. The van der Waals surface area contributed by atoms with E-state index in [2.05, 4.69) is 6.92 Å². The summed E-state index contributed by atoms with van der Waals surface area (Å²) in [5, 5.41) is 0. The number of carbonyl (C=O) groups excluding carboxylic acids is 2. The van der Waals surface area contributed by atoms with E-state index in [4.69, 9.17) is 23.1 Å². The molecule has 0 aliphatic carbocycles. The van der Waals surface area contributed by atoms with Crippen molar-refractivity contribution in [2.45, 2.75) is 93.1 Å². The molecule has 1 unspecified atom stereocenters. The van der Waals surface area contributed by atoms with Crippen molar-refractivity contribution in [3.63, 3.8) is 0 Å². The third kappa shape index (κ3) is 11.8. The molecule has 5 rings (SSSR count). The lowest BCUT2D eigenvalue weighted by Gasteiger charge is -2.24. The van der Waals surface area contributed by atoms with Crippen molar-refractivity contribution in [2.75, 3.05) is 20.3 Å². The molecule has 318 valence electrons. The fourth-order valence-electron chi connectivity index (χ4n) is 6.58. The molecule has 0 spiro atoms. The molecule has 1 atom stereocenters. The van der Waals surface area contributed by atoms with Crippen molar-refractivity contribution in [1.82, 2.24) is 0 Å². The third-order valence-electron chi connectivity index (χ3n) is 9.66. The second-order valence-corrected chi connectivity index (χ2v) is 17.6. The molecule has 13 heteroatoms. The number of benzene rings is 5. The van der Waals surface area contributed by atoms with E-state index in [1.54, 1.807) is 60.7 Å². The molecule has 0 bridgehead atoms. The van der Waals surface area contributed by atoms with Crippen molar-refractivity contribution >= 4 is 31.9 Å². The number of para-hydroxylation sites is 1. The van der Waals surface area contributed by atoms with Gasteiger partial charge in [-0.2, -0.15) is 8.42 Å². The molecule has 5 aromatic rings. The number of ether oxygens (including phenoxy) is 4. The molecule has 0 heterocycles. The molecular weight excluding hydrogens is 805 g/mol. The Labute approximate surface area is 353 Å². The van der Waals surface area contributed by atoms with Gasteiger partial charge < -0.3 is 23.1 Å². The van der Waals surface area contributed by atoms with Crippen LogP contribution in [0.4, 0.5) is 0 Å². The van der Waals surface area contributed by atoms with Gasteiger partial charge in [0.05, 0.1) is 35.7 Å². The van der Waals surface area contributed by atoms with E-state index in [1.807, 2.05) is 6.92 Å². The lowest BCUT2D eigenvalue weighted by Crippen LogP contribution is -2.17. The Balaban J connectivity index is 1.62. The number of esters is 2. The Morgan fingerprint density at radius 1 is 0.650 bits per heavy atom. The summed E-state index contributed by atoms with van der Waals surface area (Å²) in [6, 6.07) is 29.3. The number of methoxy groups -OCH3 is 1. The highest BCUT2D eigenvalue weighted by molar-refractivity contribution is 7.93. The van der Waals surface area contributed by atoms with Crippen LogP contribution in [0.2, 0.25) is 0 Å². The highest BCUT2D eigenvalue weighted by Crippen LogP contribution is 2.39. The quantitative estimate of drug-likeness (QED) is 0.0372. The van der Waals surface area contributed by atoms with E-state index >= 15 is 0 Å². The normalized spacial score (nSPS) is 12.1. The minimum absolute atomic E-state index is 0.0224. The number of rotatable bonds is 22. The molecule has 0 N–H and O–H groups in total. The maximum Gasteiger partial charge on any atom is 0.340 e. The lowest BCUT2D eigenvalue weighted by atomic mass is 9.89. The van der Waals surface area contributed by atoms with Crippen molar-refractivity contribution in [3.05, 3.63) is 138 Å². The topological polar surface area (TPSA) is 149 Å². The zero-order chi connectivity index (χ0) is 43.1. The van der Waals surface area contributed by atoms with Gasteiger partial charge >= 0.3 is 22.1 Å². The number of carbonyl (C=O) groups is 2. The van der Waals surface area contributed by atoms with Gasteiger partial charge in [-0.15, -0.1) is 0 Å². The Kier molecular flexibility index (Phi) is 16.5. The Hall–Kier alpha value is -5.50. The van der Waals surface area contributed by atoms with Gasteiger partial charge in [-0.3, -0.25) is 4.79 Å². The van der Waals surface area contributed by atoms with Gasteiger partial charge in [0, 0.05) is 24.7 Å². The zero-order valence-electron chi connectivity index (χ0n) is 34.4. The summed E-state index contributed by atoms with van der Waals surface area (Å²) in [5.41, 5.74) is 2.22. The second-order valence-electron chi connectivity index (χ2n) is 14.1. The minimum Gasteiger partial charge on any atom is -0.494 e. The van der Waals surface area contributed by atoms with Gasteiger partial charge in [0.25, 0.3) is 0 Å². The van der Waals surface area contributed by atoms with Crippen LogP contribution >= 0.6 is 0 Å². The maximum atomic E-state index is 14.3. The van der Waals surface area contributed by atoms with E-state index in [0.717, 1.165) is 44.1 Å². The van der Waals surface area contributed by atoms with Gasteiger partial charge in [0.2, 0.25) is 9.84 Å². The highest BCUT2D eigenvalue weighted by atomic mass is 32.2. The third-order valence-corrected chi connectivity index (χ3v) is 12.9. The van der Waals surface area contributed by atoms with Gasteiger partial charge in [0.1, 0.15) is 16.4 Å². The molecule has 11 nitrogen and oxygen atoms in total. The van der Waals surface area contributed by atoms with E-state index < -0.39 is 47.8 Å². The van der Waals surface area contributed by atoms with E-state index in [0.29, 0.717) is 35.7 Å². The largest absolute Gasteiger partial charge is 0.494 e. The first kappa shape index (κ1) is 45.6. The first-order valence-corrected chi connectivity index (χ1v) is 23.0. The molecular formula is C47H52O11S2. The van der Waals surface area contributed by atoms with Crippen LogP contribution in [0.15, 0.2) is 130 Å². The lowest BCUT2D eigenvalue weighted by molar-refractivity contribution is -0.144. The molecule has 0 aliphatic heterocycles. The summed E-state index contributed by atoms with van der Waals surface area (Å²) in [4.78, 5) is 24.7. The van der Waals surface area contributed by atoms with Gasteiger partial charge in [0.15, 0.2) is 6.10 Å². The van der Waals surface area contributed by atoms with Crippen LogP contribution in [0.5, 0.6) is 11.5 Å². The average Bonchev–Trinajstić information content (AvgIpc) is 3.25. The van der Waals surface area contributed by atoms with Crippen molar-refractivity contribution in [3.8, 4) is 22.6 Å². The van der Waals surface area contributed by atoms with Crippen LogP contribution in [0.3, 0.4) is 0 Å². The summed E-state index contributed by atoms with van der Waals surface area (Å²) in [6.07, 6.45) is 5.97. The van der Waals surface area contributed by atoms with Crippen LogP contribution in [-0.4, -0.2) is 49.1 Å². The van der Waals surface area contributed by atoms with Gasteiger partial charge in [-0.05, 0) is 90.2 Å². The Morgan fingerprint density at radius 3 is 2.05 bits per heavy atom. The molecule has 0 saturated heterocycles. The number of hydrogen-bond acceptors (Lipinski definition) is 11. The molecule has 0 amide bonds. The first-order valence-electron chi connectivity index (χ1n) is 20.1. The predicted molar refractivity (Wildman–Crippen MR) is 228 cm³/mol. The maximum absolute atomic E-state index is 14.3. The van der Waals surface area contributed by atoms with Crippen LogP contribution in [0.25, 0.3) is 11.1 Å². The second kappa shape index (κ2) is 21.7. The monoisotopic (exact) mass is 856 g/mol. The molecule has 0 aromatic heterocycles. The van der Waals surface area contributed by atoms with Crippen LogP contribution in [0, 0.1) is 0 Å². The molecule has 0 fully saturated rings. The first-order chi connectivity index (χ1) is 28.9. The summed E-state index contributed by atoms with van der Waals surface area (Å²) < 4.78 is 85.3. The fraction of sp³-hybridized carbons (Fsp3) is 0.319. The van der Waals surface area contributed by atoms with E-state index in [-0.39, 0.29) is 28.4 Å². The fourth-order valence-corrected chi connectivity index (χ4v) is 9.57. The van der Waals surface area contributed by atoms with Gasteiger partial charge in [-0.25, -0.2) is 13.2 Å². The van der Waals surface area contributed by atoms with E-state index in [1.165, 1.54) is 75.1 Å². The molecule has 5 aromatic carbocycles. The predicted octanol–water partition coefficient (Wildman–Crippen LogP) is 10.1. The molecule has 0 aliphatic rings. The molecule has 60 heavy (non-hydrogen) atoms. The van der Waals surface area contributed by atoms with Crippen LogP contribution in [-0.2, 0) is 45.6 Å². The van der Waals surface area contributed by atoms with Gasteiger partial charge in [-0.1, -0.05) is 101 Å².